The Morgan fingerprint density at radius 2 is 1.63 bits per heavy atom. The smallest absolute Gasteiger partial charge is 0.323 e. The first-order chi connectivity index (χ1) is 16.7. The van der Waals surface area contributed by atoms with Crippen LogP contribution in [0.1, 0.15) is 31.6 Å². The predicted octanol–water partition coefficient (Wildman–Crippen LogP) is 6.09. The fraction of sp³-hybridized carbons (Fsp3) is 0.333. The van der Waals surface area contributed by atoms with E-state index in [4.69, 9.17) is 37.1 Å². The molecule has 1 heterocycles. The van der Waals surface area contributed by atoms with Crippen molar-refractivity contribution in [3.8, 4) is 11.3 Å². The molecule has 35 heavy (non-hydrogen) atoms. The van der Waals surface area contributed by atoms with Crippen molar-refractivity contribution >= 4 is 35.1 Å². The Kier molecular flexibility index (Phi) is 9.78. The minimum absolute atomic E-state index is 0.155. The Balaban J connectivity index is 1.73. The minimum Gasteiger partial charge on any atom is -0.468 e. The van der Waals surface area contributed by atoms with Crippen molar-refractivity contribution in [2.75, 3.05) is 7.11 Å². The molecule has 0 amide bonds. The van der Waals surface area contributed by atoms with Crippen molar-refractivity contribution in [2.24, 2.45) is 5.92 Å². The van der Waals surface area contributed by atoms with Crippen molar-refractivity contribution < 1.29 is 23.5 Å². The molecule has 0 radical (unpaired) electrons. The lowest BCUT2D eigenvalue weighted by Crippen LogP contribution is -2.49. The van der Waals surface area contributed by atoms with Gasteiger partial charge in [-0.25, -0.2) is 0 Å². The highest BCUT2D eigenvalue weighted by atomic mass is 35.5. The van der Waals surface area contributed by atoms with Gasteiger partial charge in [-0.05, 0) is 48.2 Å². The molecule has 1 aromatic heterocycles. The number of ether oxygens (including phenoxy) is 2. The van der Waals surface area contributed by atoms with E-state index in [-0.39, 0.29) is 18.9 Å². The number of nitrogens with one attached hydrogen (secondary N) is 1. The maximum absolute atomic E-state index is 12.9. The summed E-state index contributed by atoms with van der Waals surface area (Å²) in [5.74, 6) is 0.371. The lowest BCUT2D eigenvalue weighted by Gasteiger charge is -2.24. The van der Waals surface area contributed by atoms with Crippen molar-refractivity contribution in [1.29, 1.82) is 0 Å². The van der Waals surface area contributed by atoms with Gasteiger partial charge in [0.25, 0.3) is 0 Å². The average molecular weight is 518 g/mol. The Labute approximate surface area is 215 Å². The van der Waals surface area contributed by atoms with Gasteiger partial charge in [0.05, 0.1) is 7.11 Å². The van der Waals surface area contributed by atoms with E-state index in [1.54, 1.807) is 30.3 Å². The van der Waals surface area contributed by atoms with Gasteiger partial charge in [-0.2, -0.15) is 0 Å². The van der Waals surface area contributed by atoms with Crippen LogP contribution < -0.4 is 5.32 Å². The molecule has 0 aliphatic carbocycles. The second kappa shape index (κ2) is 12.8. The molecule has 8 heteroatoms. The third kappa shape index (κ3) is 8.13. The summed E-state index contributed by atoms with van der Waals surface area (Å²) < 4.78 is 16.5. The van der Waals surface area contributed by atoms with Crippen LogP contribution in [0.3, 0.4) is 0 Å². The molecule has 0 aliphatic rings. The largest absolute Gasteiger partial charge is 0.468 e. The summed E-state index contributed by atoms with van der Waals surface area (Å²) in [7, 11) is 1.31. The van der Waals surface area contributed by atoms with E-state index in [0.717, 1.165) is 11.1 Å². The van der Waals surface area contributed by atoms with E-state index < -0.39 is 24.0 Å². The van der Waals surface area contributed by atoms with E-state index in [9.17, 15) is 9.59 Å². The molecule has 0 aliphatic heterocycles. The van der Waals surface area contributed by atoms with Crippen LogP contribution >= 0.6 is 23.2 Å². The van der Waals surface area contributed by atoms with Gasteiger partial charge in [0.1, 0.15) is 30.2 Å². The number of furan rings is 1. The van der Waals surface area contributed by atoms with E-state index in [2.05, 4.69) is 5.32 Å². The number of benzene rings is 2. The number of hydrogen-bond donors (Lipinski definition) is 1. The lowest BCUT2D eigenvalue weighted by atomic mass is 10.0. The van der Waals surface area contributed by atoms with Gasteiger partial charge in [-0.3, -0.25) is 14.9 Å². The Bertz CT molecular complexity index is 1110. The molecule has 2 atom stereocenters. The summed E-state index contributed by atoms with van der Waals surface area (Å²) in [6.45, 7) is 4.16. The minimum atomic E-state index is -0.810. The lowest BCUT2D eigenvalue weighted by molar-refractivity contribution is -0.149. The first kappa shape index (κ1) is 26.8. The van der Waals surface area contributed by atoms with Gasteiger partial charge < -0.3 is 13.9 Å². The highest BCUT2D eigenvalue weighted by Gasteiger charge is 2.30. The predicted molar refractivity (Wildman–Crippen MR) is 136 cm³/mol. The summed E-state index contributed by atoms with van der Waals surface area (Å²) in [5, 5.41) is 4.12. The molecule has 3 aromatic rings. The molecule has 0 spiro atoms. The third-order valence-corrected chi connectivity index (χ3v) is 5.75. The highest BCUT2D eigenvalue weighted by Crippen LogP contribution is 2.29. The fourth-order valence-electron chi connectivity index (χ4n) is 3.67. The fourth-order valence-corrected chi connectivity index (χ4v) is 4.19. The van der Waals surface area contributed by atoms with E-state index in [1.165, 1.54) is 7.11 Å². The number of methoxy groups -OCH3 is 1. The second-order valence-electron chi connectivity index (χ2n) is 8.65. The van der Waals surface area contributed by atoms with Gasteiger partial charge in [0, 0.05) is 22.0 Å². The van der Waals surface area contributed by atoms with Crippen molar-refractivity contribution in [3.05, 3.63) is 82.0 Å². The van der Waals surface area contributed by atoms with Crippen LogP contribution in [-0.4, -0.2) is 31.1 Å². The number of hydrogen-bond acceptors (Lipinski definition) is 6. The number of halogens is 2. The maximum atomic E-state index is 12.9. The molecular weight excluding hydrogens is 489 g/mol. The topological polar surface area (TPSA) is 77.8 Å². The van der Waals surface area contributed by atoms with Gasteiger partial charge in [0.15, 0.2) is 0 Å². The zero-order valence-electron chi connectivity index (χ0n) is 19.9. The number of esters is 2. The first-order valence-corrected chi connectivity index (χ1v) is 12.1. The molecule has 0 bridgehead atoms. The van der Waals surface area contributed by atoms with Gasteiger partial charge >= 0.3 is 11.9 Å². The van der Waals surface area contributed by atoms with Crippen molar-refractivity contribution in [3.63, 3.8) is 0 Å². The molecule has 2 aromatic carbocycles. The van der Waals surface area contributed by atoms with Crippen LogP contribution in [-0.2, 0) is 32.1 Å². The Morgan fingerprint density at radius 3 is 2.26 bits per heavy atom. The van der Waals surface area contributed by atoms with Gasteiger partial charge in [-0.1, -0.05) is 67.4 Å². The molecule has 0 saturated carbocycles. The molecular formula is C27H29Cl2NO5. The van der Waals surface area contributed by atoms with Crippen LogP contribution in [0.25, 0.3) is 11.3 Å². The molecule has 6 nitrogen and oxygen atoms in total. The second-order valence-corrected chi connectivity index (χ2v) is 9.52. The quantitative estimate of drug-likeness (QED) is 0.310. The average Bonchev–Trinajstić information content (AvgIpc) is 3.29. The summed E-state index contributed by atoms with van der Waals surface area (Å²) in [6, 6.07) is 16.6. The number of carbonyl (C=O) groups excluding carboxylic acids is 2. The zero-order chi connectivity index (χ0) is 25.4. The normalized spacial score (nSPS) is 12.9. The highest BCUT2D eigenvalue weighted by molar-refractivity contribution is 6.35. The maximum Gasteiger partial charge on any atom is 0.323 e. The standard InChI is InChI=1S/C27H29Cl2NO5/c1-17(2)11-23(27(32)34-16-18-7-5-4-6-8-18)30-24(26(31)33-3)15-22-9-10-25(35-22)19-12-20(28)14-21(29)13-19/h4-10,12-14,17,23-24,30H,11,15-16H2,1-3H3/t23?,24-/m0/s1. The van der Waals surface area contributed by atoms with E-state index in [1.807, 2.05) is 44.2 Å². The van der Waals surface area contributed by atoms with Gasteiger partial charge in [-0.15, -0.1) is 0 Å². The molecule has 186 valence electrons. The summed E-state index contributed by atoms with van der Waals surface area (Å²) in [4.78, 5) is 25.5. The van der Waals surface area contributed by atoms with Crippen LogP contribution in [0.15, 0.2) is 65.1 Å². The summed E-state index contributed by atoms with van der Waals surface area (Å²) >= 11 is 12.2. The molecule has 1 unspecified atom stereocenters. The van der Waals surface area contributed by atoms with Crippen molar-refractivity contribution in [2.45, 2.75) is 45.4 Å². The van der Waals surface area contributed by atoms with Crippen LogP contribution in [0.4, 0.5) is 0 Å². The van der Waals surface area contributed by atoms with Crippen LogP contribution in [0, 0.1) is 5.92 Å². The van der Waals surface area contributed by atoms with Crippen LogP contribution in [0.2, 0.25) is 10.0 Å². The summed E-state index contributed by atoms with van der Waals surface area (Å²) in [5.41, 5.74) is 1.61. The van der Waals surface area contributed by atoms with Gasteiger partial charge in [0.2, 0.25) is 0 Å². The molecule has 0 saturated heterocycles. The van der Waals surface area contributed by atoms with Crippen LogP contribution in [0.5, 0.6) is 0 Å². The molecule has 0 fully saturated rings. The molecule has 1 N–H and O–H groups in total. The summed E-state index contributed by atoms with van der Waals surface area (Å²) in [6.07, 6.45) is 0.674. The van der Waals surface area contributed by atoms with E-state index >= 15 is 0 Å². The van der Waals surface area contributed by atoms with E-state index in [0.29, 0.717) is 28.0 Å². The monoisotopic (exact) mass is 517 g/mol. The first-order valence-electron chi connectivity index (χ1n) is 11.3. The Hall–Kier alpha value is -2.80. The number of rotatable bonds is 11. The SMILES string of the molecule is COC(=O)[C@H](Cc1ccc(-c2cc(Cl)cc(Cl)c2)o1)NC(CC(C)C)C(=O)OCc1ccccc1. The molecule has 3 rings (SSSR count). The number of carbonyl (C=O) groups is 2. The van der Waals surface area contributed by atoms with Crippen molar-refractivity contribution in [1.82, 2.24) is 5.32 Å². The Morgan fingerprint density at radius 1 is 0.943 bits per heavy atom. The third-order valence-electron chi connectivity index (χ3n) is 5.32. The zero-order valence-corrected chi connectivity index (χ0v) is 21.4.